The van der Waals surface area contributed by atoms with Gasteiger partial charge in [-0.3, -0.25) is 0 Å². The van der Waals surface area contributed by atoms with E-state index in [9.17, 15) is 0 Å². The van der Waals surface area contributed by atoms with Crippen molar-refractivity contribution in [3.8, 4) is 5.88 Å². The minimum absolute atomic E-state index is 0.362. The van der Waals surface area contributed by atoms with Gasteiger partial charge in [0, 0.05) is 24.8 Å². The molecule has 0 spiro atoms. The van der Waals surface area contributed by atoms with Gasteiger partial charge in [0.05, 0.1) is 31.0 Å². The Morgan fingerprint density at radius 3 is 2.25 bits per heavy atom. The molecule has 1 aromatic rings. The summed E-state index contributed by atoms with van der Waals surface area (Å²) in [6, 6.07) is 1.90. The van der Waals surface area contributed by atoms with E-state index in [0.717, 1.165) is 11.0 Å². The van der Waals surface area contributed by atoms with Gasteiger partial charge in [-0.05, 0) is 40.2 Å². The van der Waals surface area contributed by atoms with Crippen LogP contribution in [0, 0.1) is 6.92 Å². The van der Waals surface area contributed by atoms with Crippen LogP contribution in [-0.2, 0) is 18.8 Å². The van der Waals surface area contributed by atoms with E-state index in [2.05, 4.69) is 4.98 Å². The molecule has 24 heavy (non-hydrogen) atoms. The molecule has 1 saturated heterocycles. The third-order valence-electron chi connectivity index (χ3n) is 4.54. The summed E-state index contributed by atoms with van der Waals surface area (Å²) in [4.78, 5) is 4.35. The Labute approximate surface area is 144 Å². The predicted molar refractivity (Wildman–Crippen MR) is 92.9 cm³/mol. The van der Waals surface area contributed by atoms with Crippen molar-refractivity contribution in [1.82, 2.24) is 4.98 Å². The van der Waals surface area contributed by atoms with E-state index in [1.54, 1.807) is 13.3 Å². The number of ether oxygens (including phenoxy) is 3. The van der Waals surface area contributed by atoms with Crippen molar-refractivity contribution in [3.05, 3.63) is 17.8 Å². The lowest BCUT2D eigenvalue weighted by Crippen LogP contribution is -2.41. The zero-order valence-corrected chi connectivity index (χ0v) is 15.5. The fraction of sp³-hybridized carbons (Fsp3) is 0.706. The Hall–Kier alpha value is -1.15. The number of pyridine rings is 1. The maximum atomic E-state index is 6.07. The van der Waals surface area contributed by atoms with Gasteiger partial charge in [0.25, 0.3) is 0 Å². The normalized spacial score (nSPS) is 18.8. The summed E-state index contributed by atoms with van der Waals surface area (Å²) in [5, 5.41) is 0. The zero-order chi connectivity index (χ0) is 17.8. The number of aryl methyl sites for hydroxylation is 1. The molecule has 0 unspecified atom stereocenters. The quantitative estimate of drug-likeness (QED) is 0.532. The van der Waals surface area contributed by atoms with Gasteiger partial charge in [-0.1, -0.05) is 0 Å². The molecule has 1 aromatic heterocycles. The summed E-state index contributed by atoms with van der Waals surface area (Å²) >= 11 is 0. The van der Waals surface area contributed by atoms with E-state index in [4.69, 9.17) is 23.5 Å². The molecule has 0 amide bonds. The number of aromatic nitrogens is 1. The molecule has 134 valence electrons. The fourth-order valence-electron chi connectivity index (χ4n) is 2.29. The molecule has 0 aromatic carbocycles. The minimum atomic E-state index is -0.408. The summed E-state index contributed by atoms with van der Waals surface area (Å²) in [6.45, 7) is 12.3. The smallest absolute Gasteiger partial charge is 0.475 e. The minimum Gasteiger partial charge on any atom is -0.475 e. The average molecular weight is 337 g/mol. The van der Waals surface area contributed by atoms with Crippen LogP contribution in [0.4, 0.5) is 0 Å². The molecule has 2 heterocycles. The van der Waals surface area contributed by atoms with Gasteiger partial charge in [-0.25, -0.2) is 4.98 Å². The lowest BCUT2D eigenvalue weighted by atomic mass is 9.77. The highest BCUT2D eigenvalue weighted by molar-refractivity contribution is 6.62. The van der Waals surface area contributed by atoms with Crippen molar-refractivity contribution in [1.29, 1.82) is 0 Å². The van der Waals surface area contributed by atoms with E-state index >= 15 is 0 Å². The van der Waals surface area contributed by atoms with Crippen LogP contribution in [-0.4, -0.2) is 56.8 Å². The van der Waals surface area contributed by atoms with Gasteiger partial charge in [-0.2, -0.15) is 0 Å². The number of hydrogen-bond acceptors (Lipinski definition) is 6. The number of nitrogens with zero attached hydrogens (tertiary/aromatic N) is 1. The van der Waals surface area contributed by atoms with E-state index < -0.39 is 7.12 Å². The van der Waals surface area contributed by atoms with Crippen molar-refractivity contribution in [2.75, 3.05) is 33.5 Å². The molecular formula is C17H28BNO5. The second kappa shape index (κ2) is 7.82. The van der Waals surface area contributed by atoms with Crippen molar-refractivity contribution < 1.29 is 23.5 Å². The average Bonchev–Trinajstić information content (AvgIpc) is 2.71. The van der Waals surface area contributed by atoms with E-state index in [1.807, 2.05) is 40.7 Å². The topological polar surface area (TPSA) is 59.0 Å². The first kappa shape index (κ1) is 19.2. The van der Waals surface area contributed by atoms with Gasteiger partial charge in [0.2, 0.25) is 5.88 Å². The monoisotopic (exact) mass is 337 g/mol. The van der Waals surface area contributed by atoms with Crippen LogP contribution in [0.2, 0.25) is 0 Å². The van der Waals surface area contributed by atoms with Crippen LogP contribution in [0.25, 0.3) is 0 Å². The lowest BCUT2D eigenvalue weighted by molar-refractivity contribution is 0.00578. The van der Waals surface area contributed by atoms with Gasteiger partial charge in [0.15, 0.2) is 0 Å². The molecule has 0 radical (unpaired) electrons. The van der Waals surface area contributed by atoms with Crippen molar-refractivity contribution in [2.45, 2.75) is 45.8 Å². The van der Waals surface area contributed by atoms with Crippen molar-refractivity contribution in [2.24, 2.45) is 0 Å². The molecule has 0 N–H and O–H groups in total. The van der Waals surface area contributed by atoms with Crippen molar-refractivity contribution >= 4 is 12.6 Å². The summed E-state index contributed by atoms with van der Waals surface area (Å²) in [6.07, 6.45) is 1.76. The van der Waals surface area contributed by atoms with Gasteiger partial charge < -0.3 is 23.5 Å². The third kappa shape index (κ3) is 4.48. The molecule has 0 saturated carbocycles. The standard InChI is InChI=1S/C17H28BNO5/c1-13-11-15(22-10-9-21-8-7-20-6)19-12-14(13)18-23-16(2,3)17(4,5)24-18/h11-12H,7-10H2,1-6H3. The first-order valence-corrected chi connectivity index (χ1v) is 8.28. The first-order chi connectivity index (χ1) is 11.3. The van der Waals surface area contributed by atoms with Crippen LogP contribution in [0.3, 0.4) is 0 Å². The van der Waals surface area contributed by atoms with Crippen LogP contribution < -0.4 is 10.2 Å². The van der Waals surface area contributed by atoms with Gasteiger partial charge >= 0.3 is 7.12 Å². The zero-order valence-electron chi connectivity index (χ0n) is 15.5. The summed E-state index contributed by atoms with van der Waals surface area (Å²) in [5.74, 6) is 0.572. The Morgan fingerprint density at radius 2 is 1.67 bits per heavy atom. The molecular weight excluding hydrogens is 309 g/mol. The third-order valence-corrected chi connectivity index (χ3v) is 4.54. The molecule has 7 heteroatoms. The molecule has 0 atom stereocenters. The maximum absolute atomic E-state index is 6.07. The fourth-order valence-corrected chi connectivity index (χ4v) is 2.29. The van der Waals surface area contributed by atoms with E-state index in [0.29, 0.717) is 32.3 Å². The summed E-state index contributed by atoms with van der Waals surface area (Å²) in [7, 11) is 1.24. The largest absolute Gasteiger partial charge is 0.496 e. The SMILES string of the molecule is COCCOCCOc1cc(C)c(B2OC(C)(C)C(C)(C)O2)cn1. The van der Waals surface area contributed by atoms with E-state index in [1.165, 1.54) is 0 Å². The van der Waals surface area contributed by atoms with Gasteiger partial charge in [0.1, 0.15) is 6.61 Å². The summed E-state index contributed by atoms with van der Waals surface area (Å²) < 4.78 is 28.0. The summed E-state index contributed by atoms with van der Waals surface area (Å²) in [5.41, 5.74) is 1.23. The highest BCUT2D eigenvalue weighted by Gasteiger charge is 2.52. The highest BCUT2D eigenvalue weighted by atomic mass is 16.7. The second-order valence-electron chi connectivity index (χ2n) is 6.92. The van der Waals surface area contributed by atoms with Gasteiger partial charge in [-0.15, -0.1) is 0 Å². The van der Waals surface area contributed by atoms with Crippen LogP contribution in [0.5, 0.6) is 5.88 Å². The molecule has 0 bridgehead atoms. The molecule has 1 fully saturated rings. The maximum Gasteiger partial charge on any atom is 0.496 e. The molecule has 0 aliphatic carbocycles. The van der Waals surface area contributed by atoms with Crippen LogP contribution in [0.15, 0.2) is 12.3 Å². The van der Waals surface area contributed by atoms with Crippen molar-refractivity contribution in [3.63, 3.8) is 0 Å². The highest BCUT2D eigenvalue weighted by Crippen LogP contribution is 2.36. The van der Waals surface area contributed by atoms with Crippen LogP contribution >= 0.6 is 0 Å². The molecule has 1 aliphatic heterocycles. The number of methoxy groups -OCH3 is 1. The Morgan fingerprint density at radius 1 is 1.04 bits per heavy atom. The van der Waals surface area contributed by atoms with E-state index in [-0.39, 0.29) is 11.2 Å². The lowest BCUT2D eigenvalue weighted by Gasteiger charge is -2.32. The molecule has 1 aliphatic rings. The molecule has 2 rings (SSSR count). The Bertz CT molecular complexity index is 534. The first-order valence-electron chi connectivity index (χ1n) is 8.28. The number of hydrogen-bond donors (Lipinski definition) is 0. The number of rotatable bonds is 8. The molecule has 6 nitrogen and oxygen atoms in total. The Kier molecular flexibility index (Phi) is 6.25. The van der Waals surface area contributed by atoms with Crippen LogP contribution in [0.1, 0.15) is 33.3 Å². The predicted octanol–water partition coefficient (Wildman–Crippen LogP) is 1.73. The second-order valence-corrected chi connectivity index (χ2v) is 6.92. The Balaban J connectivity index is 1.91.